The molecule has 5 heteroatoms. The molecule has 108 valence electrons. The van der Waals surface area contributed by atoms with Crippen molar-refractivity contribution < 1.29 is 14.1 Å². The first kappa shape index (κ1) is 13.5. The second kappa shape index (κ2) is 5.48. The van der Waals surface area contributed by atoms with E-state index in [1.165, 1.54) is 12.1 Å². The number of non-ortho nitro benzene ring substituents is 1. The second-order valence-electron chi connectivity index (χ2n) is 5.76. The van der Waals surface area contributed by atoms with Crippen LogP contribution < -0.4 is 0 Å². The normalized spacial score (nSPS) is 33.5. The van der Waals surface area contributed by atoms with Crippen LogP contribution in [0.2, 0.25) is 0 Å². The van der Waals surface area contributed by atoms with E-state index in [9.17, 15) is 14.5 Å². The molecular weight excluding hydrogens is 261 g/mol. The molecule has 1 unspecified atom stereocenters. The summed E-state index contributed by atoms with van der Waals surface area (Å²) in [5.41, 5.74) is 1.07. The van der Waals surface area contributed by atoms with Gasteiger partial charge in [0.05, 0.1) is 11.0 Å². The molecule has 1 aliphatic heterocycles. The number of alkyl halides is 1. The van der Waals surface area contributed by atoms with Crippen LogP contribution in [0.15, 0.2) is 24.3 Å². The Morgan fingerprint density at radius 1 is 1.20 bits per heavy atom. The van der Waals surface area contributed by atoms with E-state index < -0.39 is 11.1 Å². The fourth-order valence-electron chi connectivity index (χ4n) is 3.56. The highest BCUT2D eigenvalue weighted by Gasteiger charge is 2.39. The van der Waals surface area contributed by atoms with Gasteiger partial charge in [0, 0.05) is 18.7 Å². The van der Waals surface area contributed by atoms with Crippen molar-refractivity contribution in [1.29, 1.82) is 0 Å². The predicted octanol–water partition coefficient (Wildman–Crippen LogP) is 3.81. The maximum absolute atomic E-state index is 13.5. The lowest BCUT2D eigenvalue weighted by molar-refractivity contribution is -0.384. The maximum Gasteiger partial charge on any atom is 0.269 e. The standard InChI is InChI=1S/C15H18FNO3/c16-12-3-6-14-11(9-12)7-8-20-15(14)10-1-4-13(5-2-10)17(18)19/h1-2,4-5,11-12,14-15H,3,6-9H2/t11-,12?,14-,15+/m0/s1. The van der Waals surface area contributed by atoms with Crippen molar-refractivity contribution in [2.75, 3.05) is 6.61 Å². The zero-order chi connectivity index (χ0) is 14.1. The van der Waals surface area contributed by atoms with E-state index in [4.69, 9.17) is 4.74 Å². The van der Waals surface area contributed by atoms with Crippen LogP contribution in [0.3, 0.4) is 0 Å². The lowest BCUT2D eigenvalue weighted by atomic mass is 9.71. The quantitative estimate of drug-likeness (QED) is 0.611. The molecule has 2 fully saturated rings. The van der Waals surface area contributed by atoms with E-state index in [1.807, 2.05) is 0 Å². The highest BCUT2D eigenvalue weighted by Crippen LogP contribution is 2.46. The third-order valence-corrected chi connectivity index (χ3v) is 4.58. The largest absolute Gasteiger partial charge is 0.373 e. The Morgan fingerprint density at radius 3 is 2.65 bits per heavy atom. The maximum atomic E-state index is 13.5. The summed E-state index contributed by atoms with van der Waals surface area (Å²) in [5, 5.41) is 10.7. The molecule has 0 amide bonds. The van der Waals surface area contributed by atoms with Gasteiger partial charge in [-0.15, -0.1) is 0 Å². The van der Waals surface area contributed by atoms with Gasteiger partial charge in [0.2, 0.25) is 0 Å². The summed E-state index contributed by atoms with van der Waals surface area (Å²) in [6.45, 7) is 0.648. The molecule has 0 N–H and O–H groups in total. The minimum atomic E-state index is -0.674. The zero-order valence-electron chi connectivity index (χ0n) is 11.2. The number of hydrogen-bond acceptors (Lipinski definition) is 3. The van der Waals surface area contributed by atoms with Crippen LogP contribution >= 0.6 is 0 Å². The third-order valence-electron chi connectivity index (χ3n) is 4.58. The molecule has 4 nitrogen and oxygen atoms in total. The lowest BCUT2D eigenvalue weighted by Gasteiger charge is -2.42. The molecule has 1 saturated heterocycles. The van der Waals surface area contributed by atoms with Crippen LogP contribution in [0.25, 0.3) is 0 Å². The Morgan fingerprint density at radius 2 is 1.95 bits per heavy atom. The van der Waals surface area contributed by atoms with E-state index in [2.05, 4.69) is 0 Å². The molecule has 0 aromatic heterocycles. The molecule has 0 spiro atoms. The van der Waals surface area contributed by atoms with E-state index in [-0.39, 0.29) is 11.8 Å². The van der Waals surface area contributed by atoms with Crippen molar-refractivity contribution in [3.05, 3.63) is 39.9 Å². The summed E-state index contributed by atoms with van der Waals surface area (Å²) in [4.78, 5) is 10.3. The highest BCUT2D eigenvalue weighted by molar-refractivity contribution is 5.34. The minimum absolute atomic E-state index is 0.0398. The Hall–Kier alpha value is -1.49. The van der Waals surface area contributed by atoms with Gasteiger partial charge in [-0.25, -0.2) is 4.39 Å². The first-order valence-electron chi connectivity index (χ1n) is 7.15. The van der Waals surface area contributed by atoms with Gasteiger partial charge in [0.25, 0.3) is 5.69 Å². The summed E-state index contributed by atoms with van der Waals surface area (Å²) in [7, 11) is 0. The van der Waals surface area contributed by atoms with Gasteiger partial charge >= 0.3 is 0 Å². The van der Waals surface area contributed by atoms with Gasteiger partial charge in [0.15, 0.2) is 0 Å². The number of halogens is 1. The van der Waals surface area contributed by atoms with Gasteiger partial charge in [-0.2, -0.15) is 0 Å². The van der Waals surface area contributed by atoms with E-state index in [1.54, 1.807) is 12.1 Å². The van der Waals surface area contributed by atoms with E-state index in [0.717, 1.165) is 18.4 Å². The molecule has 1 aromatic rings. The smallest absolute Gasteiger partial charge is 0.269 e. The topological polar surface area (TPSA) is 52.4 Å². The molecule has 0 bridgehead atoms. The molecule has 4 atom stereocenters. The van der Waals surface area contributed by atoms with Crippen LogP contribution in [0.1, 0.15) is 37.4 Å². The van der Waals surface area contributed by atoms with Crippen LogP contribution in [0.5, 0.6) is 0 Å². The second-order valence-corrected chi connectivity index (χ2v) is 5.76. The molecule has 2 aliphatic rings. The Bertz CT molecular complexity index is 490. The summed E-state index contributed by atoms with van der Waals surface area (Å²) in [5.74, 6) is 0.727. The summed E-state index contributed by atoms with van der Waals surface area (Å²) < 4.78 is 19.4. The lowest BCUT2D eigenvalue weighted by Crippen LogP contribution is -2.36. The predicted molar refractivity (Wildman–Crippen MR) is 72.1 cm³/mol. The number of benzene rings is 1. The molecule has 1 heterocycles. The third kappa shape index (κ3) is 2.54. The van der Waals surface area contributed by atoms with Gasteiger partial charge < -0.3 is 4.74 Å². The van der Waals surface area contributed by atoms with Gasteiger partial charge in [0.1, 0.15) is 6.17 Å². The van der Waals surface area contributed by atoms with E-state index >= 15 is 0 Å². The van der Waals surface area contributed by atoms with Crippen molar-refractivity contribution in [3.63, 3.8) is 0 Å². The Labute approximate surface area is 117 Å². The summed E-state index contributed by atoms with van der Waals surface area (Å²) >= 11 is 0. The summed E-state index contributed by atoms with van der Waals surface area (Å²) in [6, 6.07) is 6.58. The van der Waals surface area contributed by atoms with Crippen LogP contribution in [0, 0.1) is 22.0 Å². The first-order valence-corrected chi connectivity index (χ1v) is 7.15. The van der Waals surface area contributed by atoms with Crippen LogP contribution in [-0.2, 0) is 4.74 Å². The number of ether oxygens (including phenoxy) is 1. The van der Waals surface area contributed by atoms with Crippen molar-refractivity contribution in [3.8, 4) is 0 Å². The number of nitrogens with zero attached hydrogens (tertiary/aromatic N) is 1. The molecule has 3 rings (SSSR count). The monoisotopic (exact) mass is 279 g/mol. The molecule has 20 heavy (non-hydrogen) atoms. The average Bonchev–Trinajstić information content (AvgIpc) is 2.46. The zero-order valence-corrected chi connectivity index (χ0v) is 11.2. The number of nitro groups is 1. The molecule has 1 saturated carbocycles. The van der Waals surface area contributed by atoms with Gasteiger partial charge in [-0.05, 0) is 55.2 Å². The minimum Gasteiger partial charge on any atom is -0.373 e. The SMILES string of the molecule is O=[N+]([O-])c1ccc([C@H]2OCC[C@H]3CC(F)CC[C@@H]32)cc1. The number of nitro benzene ring substituents is 1. The fourth-order valence-corrected chi connectivity index (χ4v) is 3.56. The Balaban J connectivity index is 1.80. The van der Waals surface area contributed by atoms with Crippen molar-refractivity contribution in [2.45, 2.75) is 38.0 Å². The number of fused-ring (bicyclic) bond motifs is 1. The first-order chi connectivity index (χ1) is 9.65. The van der Waals surface area contributed by atoms with Crippen molar-refractivity contribution >= 4 is 5.69 Å². The van der Waals surface area contributed by atoms with E-state index in [0.29, 0.717) is 31.3 Å². The summed E-state index contributed by atoms with van der Waals surface area (Å²) in [6.07, 6.45) is 2.29. The van der Waals surface area contributed by atoms with Gasteiger partial charge in [-0.3, -0.25) is 10.1 Å². The van der Waals surface area contributed by atoms with Crippen molar-refractivity contribution in [2.24, 2.45) is 11.8 Å². The number of hydrogen-bond donors (Lipinski definition) is 0. The molecule has 1 aliphatic carbocycles. The molecule has 1 aromatic carbocycles. The van der Waals surface area contributed by atoms with Crippen LogP contribution in [0.4, 0.5) is 10.1 Å². The Kier molecular flexibility index (Phi) is 3.70. The number of rotatable bonds is 2. The average molecular weight is 279 g/mol. The molecule has 0 radical (unpaired) electrons. The fraction of sp³-hybridized carbons (Fsp3) is 0.600. The van der Waals surface area contributed by atoms with Gasteiger partial charge in [-0.1, -0.05) is 0 Å². The van der Waals surface area contributed by atoms with Crippen molar-refractivity contribution in [1.82, 2.24) is 0 Å². The molecular formula is C15H18FNO3. The van der Waals surface area contributed by atoms with Crippen LogP contribution in [-0.4, -0.2) is 17.7 Å². The highest BCUT2D eigenvalue weighted by atomic mass is 19.1.